The normalized spacial score (nSPS) is 10.9. The summed E-state index contributed by atoms with van der Waals surface area (Å²) >= 11 is 0. The average Bonchev–Trinajstić information content (AvgIpc) is 3.20. The largest absolute Gasteiger partial charge is 0.322 e. The molecule has 0 radical (unpaired) electrons. The van der Waals surface area contributed by atoms with Crippen LogP contribution in [-0.4, -0.2) is 53.2 Å². The highest BCUT2D eigenvalue weighted by molar-refractivity contribution is 5.89. The molecule has 0 aliphatic carbocycles. The third-order valence-electron chi connectivity index (χ3n) is 4.33. The number of carbonyl (C=O) groups is 1. The molecule has 146 valence electrons. The smallest absolute Gasteiger partial charge is 0.319 e. The minimum atomic E-state index is -0.305. The number of aromatic amines is 1. The van der Waals surface area contributed by atoms with Crippen molar-refractivity contribution < 1.29 is 9.18 Å². The number of H-pyrrole nitrogens is 1. The molecule has 7 heteroatoms. The molecule has 0 atom stereocenters. The van der Waals surface area contributed by atoms with Crippen molar-refractivity contribution in [2.45, 2.75) is 6.54 Å². The Kier molecular flexibility index (Phi) is 6.39. The van der Waals surface area contributed by atoms with Crippen molar-refractivity contribution in [3.63, 3.8) is 0 Å². The van der Waals surface area contributed by atoms with Crippen LogP contribution in [0.5, 0.6) is 0 Å². The van der Waals surface area contributed by atoms with Crippen molar-refractivity contribution in [2.24, 2.45) is 0 Å². The monoisotopic (exact) mass is 381 g/mol. The average molecular weight is 381 g/mol. The summed E-state index contributed by atoms with van der Waals surface area (Å²) in [6.45, 7) is 1.58. The van der Waals surface area contributed by atoms with Crippen LogP contribution >= 0.6 is 0 Å². The van der Waals surface area contributed by atoms with Gasteiger partial charge in [-0.15, -0.1) is 0 Å². The molecule has 2 N–H and O–H groups in total. The fourth-order valence-electron chi connectivity index (χ4n) is 2.79. The van der Waals surface area contributed by atoms with Crippen LogP contribution < -0.4 is 5.32 Å². The zero-order chi connectivity index (χ0) is 19.9. The maximum absolute atomic E-state index is 13.5. The lowest BCUT2D eigenvalue weighted by Gasteiger charge is -2.25. The van der Waals surface area contributed by atoms with Crippen molar-refractivity contribution in [3.05, 3.63) is 72.3 Å². The molecule has 1 heterocycles. The van der Waals surface area contributed by atoms with Gasteiger partial charge in [-0.2, -0.15) is 5.10 Å². The molecular weight excluding hydrogens is 357 g/mol. The Labute approximate surface area is 164 Å². The molecule has 0 fully saturated rings. The zero-order valence-corrected chi connectivity index (χ0v) is 16.0. The Balaban J connectivity index is 1.69. The number of carbonyl (C=O) groups excluding carboxylic acids is 1. The van der Waals surface area contributed by atoms with Gasteiger partial charge in [0.15, 0.2) is 0 Å². The van der Waals surface area contributed by atoms with Gasteiger partial charge in [0.05, 0.1) is 6.20 Å². The van der Waals surface area contributed by atoms with Crippen molar-refractivity contribution in [3.8, 4) is 11.1 Å². The van der Waals surface area contributed by atoms with Gasteiger partial charge in [-0.3, -0.25) is 5.10 Å². The first-order valence-corrected chi connectivity index (χ1v) is 9.05. The summed E-state index contributed by atoms with van der Waals surface area (Å²) < 4.78 is 13.5. The van der Waals surface area contributed by atoms with E-state index < -0.39 is 0 Å². The summed E-state index contributed by atoms with van der Waals surface area (Å²) in [6, 6.07) is 13.7. The number of benzene rings is 2. The van der Waals surface area contributed by atoms with Gasteiger partial charge in [-0.05, 0) is 49.5 Å². The number of hydrogen-bond acceptors (Lipinski definition) is 3. The first-order chi connectivity index (χ1) is 13.5. The first kappa shape index (κ1) is 19.6. The molecule has 0 saturated carbocycles. The van der Waals surface area contributed by atoms with E-state index in [-0.39, 0.29) is 11.8 Å². The molecule has 0 aliphatic rings. The van der Waals surface area contributed by atoms with Gasteiger partial charge in [0.2, 0.25) is 0 Å². The summed E-state index contributed by atoms with van der Waals surface area (Å²) in [5, 5.41) is 9.65. The van der Waals surface area contributed by atoms with E-state index in [1.165, 1.54) is 12.1 Å². The number of halogens is 1. The quantitative estimate of drug-likeness (QED) is 0.654. The van der Waals surface area contributed by atoms with Crippen LogP contribution in [0.2, 0.25) is 0 Å². The Morgan fingerprint density at radius 1 is 1.11 bits per heavy atom. The van der Waals surface area contributed by atoms with E-state index in [0.717, 1.165) is 16.7 Å². The van der Waals surface area contributed by atoms with Gasteiger partial charge in [-0.25, -0.2) is 9.18 Å². The van der Waals surface area contributed by atoms with Crippen LogP contribution in [0, 0.1) is 5.82 Å². The van der Waals surface area contributed by atoms with Gasteiger partial charge in [0.25, 0.3) is 0 Å². The lowest BCUT2D eigenvalue weighted by molar-refractivity contribution is 0.202. The van der Waals surface area contributed by atoms with Gasteiger partial charge in [0, 0.05) is 37.1 Å². The first-order valence-electron chi connectivity index (χ1n) is 9.05. The van der Waals surface area contributed by atoms with E-state index in [2.05, 4.69) is 15.5 Å². The number of hydrogen-bond donors (Lipinski definition) is 2. The van der Waals surface area contributed by atoms with E-state index >= 15 is 0 Å². The van der Waals surface area contributed by atoms with Gasteiger partial charge in [0.1, 0.15) is 5.82 Å². The molecule has 6 nitrogen and oxygen atoms in total. The second kappa shape index (κ2) is 9.14. The molecule has 2 amide bonds. The lowest BCUT2D eigenvalue weighted by Crippen LogP contribution is -2.39. The second-order valence-corrected chi connectivity index (χ2v) is 6.85. The number of nitrogens with zero attached hydrogens (tertiary/aromatic N) is 3. The van der Waals surface area contributed by atoms with Crippen LogP contribution in [0.3, 0.4) is 0 Å². The number of urea groups is 1. The minimum absolute atomic E-state index is 0.220. The van der Waals surface area contributed by atoms with E-state index in [1.54, 1.807) is 17.2 Å². The van der Waals surface area contributed by atoms with E-state index in [4.69, 9.17) is 0 Å². The number of amides is 2. The predicted octanol–water partition coefficient (Wildman–Crippen LogP) is 3.81. The number of rotatable bonds is 7. The van der Waals surface area contributed by atoms with Crippen LogP contribution in [0.15, 0.2) is 60.9 Å². The predicted molar refractivity (Wildman–Crippen MR) is 108 cm³/mol. The van der Waals surface area contributed by atoms with Crippen LogP contribution in [-0.2, 0) is 6.54 Å². The minimum Gasteiger partial charge on any atom is -0.319 e. The number of nitrogens with one attached hydrogen (secondary N) is 2. The van der Waals surface area contributed by atoms with Gasteiger partial charge >= 0.3 is 6.03 Å². The molecular formula is C21H24FN5O. The number of anilines is 1. The number of likely N-dealkylation sites (N-methyl/N-ethyl adjacent to an activating group) is 1. The molecule has 2 aromatic carbocycles. The van der Waals surface area contributed by atoms with E-state index in [0.29, 0.717) is 25.3 Å². The SMILES string of the molecule is CN(C)CCN(Cc1cccc(F)c1)C(=O)Nc1ccc(-c2cn[nH]c2)cc1. The maximum Gasteiger partial charge on any atom is 0.322 e. The maximum atomic E-state index is 13.5. The molecule has 0 bridgehead atoms. The van der Waals surface area contributed by atoms with Gasteiger partial charge in [-0.1, -0.05) is 24.3 Å². The highest BCUT2D eigenvalue weighted by atomic mass is 19.1. The second-order valence-electron chi connectivity index (χ2n) is 6.85. The van der Waals surface area contributed by atoms with Crippen LogP contribution in [0.25, 0.3) is 11.1 Å². The van der Waals surface area contributed by atoms with Crippen molar-refractivity contribution >= 4 is 11.7 Å². The Bertz CT molecular complexity index is 893. The summed E-state index contributed by atoms with van der Waals surface area (Å²) in [7, 11) is 3.90. The van der Waals surface area contributed by atoms with Crippen molar-refractivity contribution in [1.29, 1.82) is 0 Å². The van der Waals surface area contributed by atoms with Crippen molar-refractivity contribution in [2.75, 3.05) is 32.5 Å². The molecule has 28 heavy (non-hydrogen) atoms. The molecule has 1 aromatic heterocycles. The third kappa shape index (κ3) is 5.40. The number of aromatic nitrogens is 2. The van der Waals surface area contributed by atoms with Crippen LogP contribution in [0.1, 0.15) is 5.56 Å². The molecule has 0 aliphatic heterocycles. The summed E-state index contributed by atoms with van der Waals surface area (Å²) in [6.07, 6.45) is 3.56. The Morgan fingerprint density at radius 3 is 2.54 bits per heavy atom. The summed E-state index contributed by atoms with van der Waals surface area (Å²) in [5.41, 5.74) is 3.45. The Morgan fingerprint density at radius 2 is 1.89 bits per heavy atom. The highest BCUT2D eigenvalue weighted by Gasteiger charge is 2.15. The molecule has 0 saturated heterocycles. The van der Waals surface area contributed by atoms with E-state index in [1.807, 2.05) is 55.5 Å². The molecule has 3 aromatic rings. The Hall–Kier alpha value is -3.19. The topological polar surface area (TPSA) is 64.3 Å². The molecule has 0 spiro atoms. The summed E-state index contributed by atoms with van der Waals surface area (Å²) in [4.78, 5) is 16.5. The molecule has 3 rings (SSSR count). The van der Waals surface area contributed by atoms with Crippen molar-refractivity contribution in [1.82, 2.24) is 20.0 Å². The van der Waals surface area contributed by atoms with E-state index in [9.17, 15) is 9.18 Å². The highest BCUT2D eigenvalue weighted by Crippen LogP contribution is 2.20. The fraction of sp³-hybridized carbons (Fsp3) is 0.238. The molecule has 0 unspecified atom stereocenters. The zero-order valence-electron chi connectivity index (χ0n) is 16.0. The fourth-order valence-corrected chi connectivity index (χ4v) is 2.79. The lowest BCUT2D eigenvalue weighted by atomic mass is 10.1. The third-order valence-corrected chi connectivity index (χ3v) is 4.33. The van der Waals surface area contributed by atoms with Gasteiger partial charge < -0.3 is 15.1 Å². The van der Waals surface area contributed by atoms with Crippen LogP contribution in [0.4, 0.5) is 14.9 Å². The standard InChI is InChI=1S/C21H24FN5O/c1-26(2)10-11-27(15-16-4-3-5-19(22)12-16)21(28)25-20-8-6-17(7-9-20)18-13-23-24-14-18/h3-9,12-14H,10-11,15H2,1-2H3,(H,23,24)(H,25,28). The summed E-state index contributed by atoms with van der Waals surface area (Å²) in [5.74, 6) is -0.305.